The zero-order valence-electron chi connectivity index (χ0n) is 16.1. The minimum absolute atomic E-state index is 0.0734. The van der Waals surface area contributed by atoms with Crippen molar-refractivity contribution in [3.05, 3.63) is 29.3 Å². The fraction of sp³-hybridized carbons (Fsp3) is 0.579. The maximum atomic E-state index is 12.1. The van der Waals surface area contributed by atoms with E-state index in [1.54, 1.807) is 13.0 Å². The standard InChI is InChI=1S/C19H25N5O4/c1-11-7-14(28-24-11)9-17(25)20-16-10-15(22-23-16)12-3-4-13(8-12)27-18(26)21-19(2)5-6-19/h7,10,12-13H,3-6,8-9H2,1-2H3,(H,21,26)(H2,20,22,23,25)/t12-,13+/m1/s1. The molecule has 3 N–H and O–H groups in total. The molecular weight excluding hydrogens is 362 g/mol. The highest BCUT2D eigenvalue weighted by Gasteiger charge is 2.40. The molecule has 2 fully saturated rings. The minimum atomic E-state index is -0.328. The largest absolute Gasteiger partial charge is 0.446 e. The van der Waals surface area contributed by atoms with Gasteiger partial charge in [-0.2, -0.15) is 5.10 Å². The molecule has 2 atom stereocenters. The number of aromatic amines is 1. The van der Waals surface area contributed by atoms with E-state index >= 15 is 0 Å². The van der Waals surface area contributed by atoms with Crippen LogP contribution in [-0.4, -0.2) is 39.0 Å². The molecule has 2 amide bonds. The predicted molar refractivity (Wildman–Crippen MR) is 99.8 cm³/mol. The first-order valence-electron chi connectivity index (χ1n) is 9.65. The summed E-state index contributed by atoms with van der Waals surface area (Å²) in [4.78, 5) is 24.1. The first-order chi connectivity index (χ1) is 13.4. The molecule has 2 aromatic rings. The molecule has 9 nitrogen and oxygen atoms in total. The summed E-state index contributed by atoms with van der Waals surface area (Å²) in [6.07, 6.45) is 4.17. The topological polar surface area (TPSA) is 122 Å². The summed E-state index contributed by atoms with van der Waals surface area (Å²) in [5, 5.41) is 16.6. The molecule has 4 rings (SSSR count). The number of aryl methyl sites for hydroxylation is 1. The van der Waals surface area contributed by atoms with Crippen molar-refractivity contribution in [3.63, 3.8) is 0 Å². The molecule has 9 heteroatoms. The van der Waals surface area contributed by atoms with E-state index in [2.05, 4.69) is 26.0 Å². The summed E-state index contributed by atoms with van der Waals surface area (Å²) in [5.41, 5.74) is 1.60. The van der Waals surface area contributed by atoms with Crippen LogP contribution < -0.4 is 10.6 Å². The lowest BCUT2D eigenvalue weighted by Crippen LogP contribution is -2.36. The molecule has 0 spiro atoms. The van der Waals surface area contributed by atoms with Crippen LogP contribution in [0.2, 0.25) is 0 Å². The number of hydrogen-bond donors (Lipinski definition) is 3. The zero-order chi connectivity index (χ0) is 19.7. The Kier molecular flexibility index (Phi) is 4.82. The molecule has 2 saturated carbocycles. The number of ether oxygens (including phenoxy) is 1. The van der Waals surface area contributed by atoms with Crippen LogP contribution in [0.4, 0.5) is 10.6 Å². The normalized spacial score (nSPS) is 22.6. The van der Waals surface area contributed by atoms with Gasteiger partial charge in [0.2, 0.25) is 5.91 Å². The Morgan fingerprint density at radius 2 is 2.18 bits per heavy atom. The Labute approximate surface area is 162 Å². The second kappa shape index (κ2) is 7.29. The van der Waals surface area contributed by atoms with Crippen molar-refractivity contribution in [1.82, 2.24) is 20.7 Å². The average molecular weight is 387 g/mol. The quantitative estimate of drug-likeness (QED) is 0.700. The Balaban J connectivity index is 1.26. The summed E-state index contributed by atoms with van der Waals surface area (Å²) in [6, 6.07) is 3.57. The smallest absolute Gasteiger partial charge is 0.407 e. The van der Waals surface area contributed by atoms with E-state index in [-0.39, 0.29) is 36.0 Å². The van der Waals surface area contributed by atoms with Crippen molar-refractivity contribution in [1.29, 1.82) is 0 Å². The SMILES string of the molecule is Cc1cc(CC(=O)Nc2cc([C@@H]3CC[C@H](OC(=O)NC4(C)CC4)C3)[nH]n2)on1. The molecular formula is C19H25N5O4. The minimum Gasteiger partial charge on any atom is -0.446 e. The summed E-state index contributed by atoms with van der Waals surface area (Å²) in [7, 11) is 0. The number of carbonyl (C=O) groups excluding carboxylic acids is 2. The number of nitrogens with zero attached hydrogens (tertiary/aromatic N) is 2. The number of nitrogens with one attached hydrogen (secondary N) is 3. The van der Waals surface area contributed by atoms with E-state index in [9.17, 15) is 9.59 Å². The van der Waals surface area contributed by atoms with E-state index in [0.717, 1.165) is 43.5 Å². The second-order valence-electron chi connectivity index (χ2n) is 8.09. The van der Waals surface area contributed by atoms with Crippen molar-refractivity contribution in [2.75, 3.05) is 5.32 Å². The summed E-state index contributed by atoms with van der Waals surface area (Å²) in [6.45, 7) is 3.83. The highest BCUT2D eigenvalue weighted by Crippen LogP contribution is 2.37. The Hall–Kier alpha value is -2.84. The number of amides is 2. The summed E-state index contributed by atoms with van der Waals surface area (Å²) in [5.74, 6) is 0.997. The van der Waals surface area contributed by atoms with E-state index < -0.39 is 0 Å². The van der Waals surface area contributed by atoms with E-state index in [0.29, 0.717) is 11.6 Å². The molecule has 0 radical (unpaired) electrons. The lowest BCUT2D eigenvalue weighted by atomic mass is 10.0. The number of anilines is 1. The Morgan fingerprint density at radius 1 is 1.36 bits per heavy atom. The van der Waals surface area contributed by atoms with Crippen molar-refractivity contribution < 1.29 is 18.8 Å². The van der Waals surface area contributed by atoms with Crippen LogP contribution >= 0.6 is 0 Å². The van der Waals surface area contributed by atoms with Gasteiger partial charge in [0.05, 0.1) is 12.1 Å². The first-order valence-corrected chi connectivity index (χ1v) is 9.65. The van der Waals surface area contributed by atoms with Gasteiger partial charge in [-0.3, -0.25) is 9.89 Å². The van der Waals surface area contributed by atoms with Gasteiger partial charge in [0.1, 0.15) is 11.9 Å². The maximum absolute atomic E-state index is 12.1. The Bertz CT molecular complexity index is 869. The third kappa shape index (κ3) is 4.52. The number of rotatable bonds is 6. The summed E-state index contributed by atoms with van der Waals surface area (Å²) >= 11 is 0. The lowest BCUT2D eigenvalue weighted by Gasteiger charge is -2.16. The third-order valence-corrected chi connectivity index (χ3v) is 5.38. The van der Waals surface area contributed by atoms with Crippen molar-refractivity contribution in [2.45, 2.75) is 69.9 Å². The second-order valence-corrected chi connectivity index (χ2v) is 8.09. The van der Waals surface area contributed by atoms with Crippen LogP contribution in [-0.2, 0) is 16.0 Å². The number of alkyl carbamates (subject to hydrolysis) is 1. The van der Waals surface area contributed by atoms with Gasteiger partial charge in [0.15, 0.2) is 5.82 Å². The highest BCUT2D eigenvalue weighted by atomic mass is 16.6. The van der Waals surface area contributed by atoms with E-state index in [4.69, 9.17) is 9.26 Å². The molecule has 2 aromatic heterocycles. The third-order valence-electron chi connectivity index (χ3n) is 5.38. The maximum Gasteiger partial charge on any atom is 0.407 e. The molecule has 2 aliphatic carbocycles. The number of H-pyrrole nitrogens is 1. The van der Waals surface area contributed by atoms with E-state index in [1.165, 1.54) is 0 Å². The van der Waals surface area contributed by atoms with Crippen molar-refractivity contribution in [3.8, 4) is 0 Å². The summed E-state index contributed by atoms with van der Waals surface area (Å²) < 4.78 is 10.6. The van der Waals surface area contributed by atoms with Crippen LogP contribution in [0.15, 0.2) is 16.7 Å². The molecule has 150 valence electrons. The molecule has 0 aliphatic heterocycles. The fourth-order valence-electron chi connectivity index (χ4n) is 3.52. The van der Waals surface area contributed by atoms with Crippen LogP contribution in [0.3, 0.4) is 0 Å². The number of carbonyl (C=O) groups is 2. The molecule has 0 unspecified atom stereocenters. The van der Waals surface area contributed by atoms with Crippen molar-refractivity contribution >= 4 is 17.8 Å². The number of aromatic nitrogens is 3. The first kappa shape index (κ1) is 18.5. The monoisotopic (exact) mass is 387 g/mol. The molecule has 2 heterocycles. The van der Waals surface area contributed by atoms with Gasteiger partial charge < -0.3 is 19.9 Å². The van der Waals surface area contributed by atoms with Gasteiger partial charge in [-0.25, -0.2) is 4.79 Å². The van der Waals surface area contributed by atoms with Gasteiger partial charge in [-0.05, 0) is 46.0 Å². The molecule has 28 heavy (non-hydrogen) atoms. The van der Waals surface area contributed by atoms with Crippen LogP contribution in [0.1, 0.15) is 62.1 Å². The van der Waals surface area contributed by atoms with Crippen LogP contribution in [0, 0.1) is 6.92 Å². The van der Waals surface area contributed by atoms with Gasteiger partial charge in [-0.1, -0.05) is 5.16 Å². The van der Waals surface area contributed by atoms with Crippen molar-refractivity contribution in [2.24, 2.45) is 0 Å². The van der Waals surface area contributed by atoms with E-state index in [1.807, 2.05) is 13.0 Å². The van der Waals surface area contributed by atoms with Gasteiger partial charge >= 0.3 is 6.09 Å². The van der Waals surface area contributed by atoms with Gasteiger partial charge in [-0.15, -0.1) is 0 Å². The van der Waals surface area contributed by atoms with Gasteiger partial charge in [0.25, 0.3) is 0 Å². The Morgan fingerprint density at radius 3 is 2.89 bits per heavy atom. The average Bonchev–Trinajstić information content (AvgIpc) is 3.05. The van der Waals surface area contributed by atoms with Crippen LogP contribution in [0.5, 0.6) is 0 Å². The van der Waals surface area contributed by atoms with Crippen LogP contribution in [0.25, 0.3) is 0 Å². The predicted octanol–water partition coefficient (Wildman–Crippen LogP) is 2.80. The molecule has 2 aliphatic rings. The van der Waals surface area contributed by atoms with Gasteiger partial charge in [0, 0.05) is 29.3 Å². The fourth-order valence-corrected chi connectivity index (χ4v) is 3.52. The molecule has 0 bridgehead atoms. The zero-order valence-corrected chi connectivity index (χ0v) is 16.1. The lowest BCUT2D eigenvalue weighted by molar-refractivity contribution is -0.115. The number of hydrogen-bond acceptors (Lipinski definition) is 6. The molecule has 0 saturated heterocycles. The highest BCUT2D eigenvalue weighted by molar-refractivity contribution is 5.91. The molecule has 0 aromatic carbocycles.